The lowest BCUT2D eigenvalue weighted by Crippen LogP contribution is -2.29. The summed E-state index contributed by atoms with van der Waals surface area (Å²) in [7, 11) is 0. The molecule has 1 saturated heterocycles. The lowest BCUT2D eigenvalue weighted by Gasteiger charge is -2.20. The number of nitrogens with zero attached hydrogens (tertiary/aromatic N) is 1. The first-order valence-corrected chi connectivity index (χ1v) is 6.91. The minimum absolute atomic E-state index is 0.278. The zero-order chi connectivity index (χ0) is 13.1. The molecular weight excluding hydrogens is 222 g/mol. The third-order valence-electron chi connectivity index (χ3n) is 3.98. The molecule has 0 N–H and O–H groups in total. The predicted molar refractivity (Wildman–Crippen MR) is 74.9 cm³/mol. The molecule has 0 aromatic heterocycles. The van der Waals surface area contributed by atoms with E-state index in [2.05, 4.69) is 18.7 Å². The van der Waals surface area contributed by atoms with Crippen LogP contribution in [0.1, 0.15) is 42.6 Å². The van der Waals surface area contributed by atoms with E-state index in [4.69, 9.17) is 0 Å². The van der Waals surface area contributed by atoms with Gasteiger partial charge in [0.2, 0.25) is 0 Å². The number of aryl methyl sites for hydroxylation is 1. The number of rotatable bonds is 4. The van der Waals surface area contributed by atoms with Crippen LogP contribution in [0.4, 0.5) is 0 Å². The van der Waals surface area contributed by atoms with Crippen LogP contribution in [-0.4, -0.2) is 29.8 Å². The standard InChI is InChI=1S/C16H23NO/c1-12-10-14(3)17(11-12)9-8-16(18)15-7-5-4-6-13(15)2/h4-7,12,14H,8-11H2,1-3H3. The summed E-state index contributed by atoms with van der Waals surface area (Å²) in [6.07, 6.45) is 1.90. The van der Waals surface area contributed by atoms with Gasteiger partial charge in [0, 0.05) is 31.1 Å². The molecule has 2 heteroatoms. The van der Waals surface area contributed by atoms with Crippen LogP contribution in [0.3, 0.4) is 0 Å². The van der Waals surface area contributed by atoms with Crippen molar-refractivity contribution in [1.82, 2.24) is 4.90 Å². The SMILES string of the molecule is Cc1ccccc1C(=O)CCN1CC(C)CC1C. The summed E-state index contributed by atoms with van der Waals surface area (Å²) in [5.41, 5.74) is 1.97. The topological polar surface area (TPSA) is 20.3 Å². The van der Waals surface area contributed by atoms with Gasteiger partial charge in [-0.05, 0) is 31.7 Å². The third kappa shape index (κ3) is 2.99. The predicted octanol–water partition coefficient (Wildman–Crippen LogP) is 3.30. The molecule has 98 valence electrons. The minimum atomic E-state index is 0.278. The highest BCUT2D eigenvalue weighted by molar-refractivity contribution is 5.97. The lowest BCUT2D eigenvalue weighted by molar-refractivity contribution is 0.0962. The molecule has 1 aromatic carbocycles. The molecule has 2 nitrogen and oxygen atoms in total. The number of hydrogen-bond acceptors (Lipinski definition) is 2. The van der Waals surface area contributed by atoms with Gasteiger partial charge in [-0.3, -0.25) is 9.69 Å². The number of ketones is 1. The Labute approximate surface area is 110 Å². The van der Waals surface area contributed by atoms with E-state index in [0.29, 0.717) is 12.5 Å². The fraction of sp³-hybridized carbons (Fsp3) is 0.562. The number of carbonyl (C=O) groups excluding carboxylic acids is 1. The smallest absolute Gasteiger partial charge is 0.164 e. The van der Waals surface area contributed by atoms with Gasteiger partial charge in [-0.25, -0.2) is 0 Å². The van der Waals surface area contributed by atoms with Crippen LogP contribution in [-0.2, 0) is 0 Å². The van der Waals surface area contributed by atoms with Gasteiger partial charge in [-0.2, -0.15) is 0 Å². The first-order chi connectivity index (χ1) is 8.58. The number of likely N-dealkylation sites (tertiary alicyclic amines) is 1. The lowest BCUT2D eigenvalue weighted by atomic mass is 10.0. The van der Waals surface area contributed by atoms with E-state index in [1.165, 1.54) is 6.42 Å². The number of benzene rings is 1. The largest absolute Gasteiger partial charge is 0.300 e. The molecular formula is C16H23NO. The molecule has 1 fully saturated rings. The summed E-state index contributed by atoms with van der Waals surface area (Å²) in [6, 6.07) is 8.50. The number of Topliss-reactive ketones (excluding diaryl/α,β-unsaturated/α-hetero) is 1. The average molecular weight is 245 g/mol. The van der Waals surface area contributed by atoms with E-state index in [0.717, 1.165) is 30.1 Å². The van der Waals surface area contributed by atoms with Gasteiger partial charge < -0.3 is 0 Å². The Bertz CT molecular complexity index is 427. The second-order valence-corrected chi connectivity index (χ2v) is 5.67. The van der Waals surface area contributed by atoms with Crippen LogP contribution < -0.4 is 0 Å². The Hall–Kier alpha value is -1.15. The maximum atomic E-state index is 12.2. The molecule has 0 radical (unpaired) electrons. The molecule has 0 aliphatic carbocycles. The molecule has 0 saturated carbocycles. The fourth-order valence-corrected chi connectivity index (χ4v) is 2.96. The Morgan fingerprint density at radius 3 is 2.67 bits per heavy atom. The molecule has 1 aliphatic rings. The van der Waals surface area contributed by atoms with Crippen LogP contribution in [0.5, 0.6) is 0 Å². The summed E-state index contributed by atoms with van der Waals surface area (Å²) in [4.78, 5) is 14.6. The van der Waals surface area contributed by atoms with Crippen LogP contribution in [0, 0.1) is 12.8 Å². The summed E-state index contributed by atoms with van der Waals surface area (Å²) in [5, 5.41) is 0. The highest BCUT2D eigenvalue weighted by Crippen LogP contribution is 2.22. The Kier molecular flexibility index (Phi) is 4.18. The number of carbonyl (C=O) groups is 1. The van der Waals surface area contributed by atoms with E-state index in [-0.39, 0.29) is 5.78 Å². The van der Waals surface area contributed by atoms with Crippen molar-refractivity contribution in [2.75, 3.05) is 13.1 Å². The van der Waals surface area contributed by atoms with Gasteiger partial charge in [-0.1, -0.05) is 31.2 Å². The van der Waals surface area contributed by atoms with E-state index in [9.17, 15) is 4.79 Å². The highest BCUT2D eigenvalue weighted by atomic mass is 16.1. The van der Waals surface area contributed by atoms with Gasteiger partial charge in [0.05, 0.1) is 0 Å². The van der Waals surface area contributed by atoms with Crippen molar-refractivity contribution < 1.29 is 4.79 Å². The van der Waals surface area contributed by atoms with Crippen molar-refractivity contribution >= 4 is 5.78 Å². The van der Waals surface area contributed by atoms with Crippen molar-refractivity contribution in [2.45, 2.75) is 39.7 Å². The van der Waals surface area contributed by atoms with Crippen molar-refractivity contribution in [2.24, 2.45) is 5.92 Å². The van der Waals surface area contributed by atoms with E-state index < -0.39 is 0 Å². The Morgan fingerprint density at radius 1 is 1.33 bits per heavy atom. The second-order valence-electron chi connectivity index (χ2n) is 5.67. The normalized spacial score (nSPS) is 24.4. The van der Waals surface area contributed by atoms with Gasteiger partial charge in [0.25, 0.3) is 0 Å². The first-order valence-electron chi connectivity index (χ1n) is 6.91. The Morgan fingerprint density at radius 2 is 2.06 bits per heavy atom. The summed E-state index contributed by atoms with van der Waals surface area (Å²) >= 11 is 0. The van der Waals surface area contributed by atoms with Crippen LogP contribution in [0.15, 0.2) is 24.3 Å². The molecule has 2 unspecified atom stereocenters. The molecule has 2 atom stereocenters. The van der Waals surface area contributed by atoms with Gasteiger partial charge in [0.15, 0.2) is 5.78 Å². The highest BCUT2D eigenvalue weighted by Gasteiger charge is 2.26. The molecule has 1 heterocycles. The van der Waals surface area contributed by atoms with Crippen LogP contribution in [0.25, 0.3) is 0 Å². The second kappa shape index (κ2) is 5.66. The van der Waals surface area contributed by atoms with Crippen molar-refractivity contribution in [3.8, 4) is 0 Å². The van der Waals surface area contributed by atoms with Gasteiger partial charge in [0.1, 0.15) is 0 Å². The fourth-order valence-electron chi connectivity index (χ4n) is 2.96. The molecule has 0 bridgehead atoms. The number of hydrogen-bond donors (Lipinski definition) is 0. The van der Waals surface area contributed by atoms with Crippen molar-refractivity contribution in [3.05, 3.63) is 35.4 Å². The van der Waals surface area contributed by atoms with E-state index in [1.807, 2.05) is 31.2 Å². The Balaban J connectivity index is 1.91. The quantitative estimate of drug-likeness (QED) is 0.759. The first kappa shape index (κ1) is 13.3. The van der Waals surface area contributed by atoms with Crippen molar-refractivity contribution in [3.63, 3.8) is 0 Å². The van der Waals surface area contributed by atoms with Crippen LogP contribution >= 0.6 is 0 Å². The maximum absolute atomic E-state index is 12.2. The third-order valence-corrected chi connectivity index (χ3v) is 3.98. The van der Waals surface area contributed by atoms with Gasteiger partial charge >= 0.3 is 0 Å². The van der Waals surface area contributed by atoms with Crippen LogP contribution in [0.2, 0.25) is 0 Å². The van der Waals surface area contributed by atoms with E-state index in [1.54, 1.807) is 0 Å². The molecule has 1 aliphatic heterocycles. The molecule has 18 heavy (non-hydrogen) atoms. The van der Waals surface area contributed by atoms with Gasteiger partial charge in [-0.15, -0.1) is 0 Å². The monoisotopic (exact) mass is 245 g/mol. The molecule has 0 amide bonds. The molecule has 1 aromatic rings. The summed E-state index contributed by atoms with van der Waals surface area (Å²) < 4.78 is 0. The zero-order valence-corrected chi connectivity index (χ0v) is 11.6. The zero-order valence-electron chi connectivity index (χ0n) is 11.6. The molecule has 2 rings (SSSR count). The minimum Gasteiger partial charge on any atom is -0.300 e. The van der Waals surface area contributed by atoms with Crippen molar-refractivity contribution in [1.29, 1.82) is 0 Å². The summed E-state index contributed by atoms with van der Waals surface area (Å²) in [5.74, 6) is 1.05. The average Bonchev–Trinajstić information content (AvgIpc) is 2.65. The molecule has 0 spiro atoms. The summed E-state index contributed by atoms with van der Waals surface area (Å²) in [6.45, 7) is 8.61. The maximum Gasteiger partial charge on any atom is 0.164 e. The van der Waals surface area contributed by atoms with E-state index >= 15 is 0 Å².